The van der Waals surface area contributed by atoms with E-state index < -0.39 is 12.0 Å². The lowest BCUT2D eigenvalue weighted by atomic mass is 10.1. The summed E-state index contributed by atoms with van der Waals surface area (Å²) in [4.78, 5) is 11.1. The molecule has 0 aliphatic rings. The van der Waals surface area contributed by atoms with Crippen molar-refractivity contribution in [1.82, 2.24) is 4.57 Å². The third-order valence-corrected chi connectivity index (χ3v) is 3.18. The molecule has 0 saturated heterocycles. The first-order valence-electron chi connectivity index (χ1n) is 5.79. The molecule has 0 spiro atoms. The Labute approximate surface area is 118 Å². The third-order valence-electron chi connectivity index (χ3n) is 2.83. The molecule has 1 aromatic heterocycles. The topological polar surface area (TPSA) is 22.0 Å². The highest BCUT2D eigenvalue weighted by Crippen LogP contribution is 2.23. The molecular weight excluding hydrogens is 291 g/mol. The number of hydrogen-bond acceptors (Lipinski definition) is 1. The molecule has 0 radical (unpaired) electrons. The molecule has 0 unspecified atom stereocenters. The van der Waals surface area contributed by atoms with E-state index in [1.165, 1.54) is 17.0 Å². The highest BCUT2D eigenvalue weighted by atomic mass is 35.5. The van der Waals surface area contributed by atoms with Crippen molar-refractivity contribution in [2.75, 3.05) is 0 Å². The van der Waals surface area contributed by atoms with E-state index in [9.17, 15) is 18.0 Å². The molecule has 2 aromatic rings. The highest BCUT2D eigenvalue weighted by molar-refractivity contribution is 6.31. The van der Waals surface area contributed by atoms with E-state index in [0.29, 0.717) is 11.6 Å². The second-order valence-electron chi connectivity index (χ2n) is 4.49. The zero-order valence-corrected chi connectivity index (χ0v) is 11.3. The molecule has 2 nitrogen and oxygen atoms in total. The minimum atomic E-state index is -4.85. The second-order valence-corrected chi connectivity index (χ2v) is 4.90. The number of nitrogens with zero attached hydrogens (tertiary/aromatic N) is 1. The Balaban J connectivity index is 2.20. The van der Waals surface area contributed by atoms with Gasteiger partial charge in [-0.1, -0.05) is 23.7 Å². The van der Waals surface area contributed by atoms with E-state index >= 15 is 0 Å². The monoisotopic (exact) mass is 301 g/mol. The van der Waals surface area contributed by atoms with Gasteiger partial charge in [-0.2, -0.15) is 13.2 Å². The number of aromatic nitrogens is 1. The van der Waals surface area contributed by atoms with Gasteiger partial charge in [0.2, 0.25) is 0 Å². The second kappa shape index (κ2) is 5.32. The molecule has 6 heteroatoms. The fraction of sp³-hybridized carbons (Fsp3) is 0.214. The first kappa shape index (κ1) is 14.7. The van der Waals surface area contributed by atoms with Crippen molar-refractivity contribution < 1.29 is 18.0 Å². The first-order chi connectivity index (χ1) is 9.27. The lowest BCUT2D eigenvalue weighted by molar-refractivity contribution is -0.0885. The summed E-state index contributed by atoms with van der Waals surface area (Å²) >= 11 is 6.06. The Morgan fingerprint density at radius 2 is 2.00 bits per heavy atom. The van der Waals surface area contributed by atoms with Crippen LogP contribution in [-0.4, -0.2) is 16.5 Å². The summed E-state index contributed by atoms with van der Waals surface area (Å²) in [6.07, 6.45) is -2.26. The number of halogens is 4. The number of hydrogen-bond donors (Lipinski definition) is 0. The van der Waals surface area contributed by atoms with Gasteiger partial charge in [-0.3, -0.25) is 4.79 Å². The third kappa shape index (κ3) is 3.22. The number of ketones is 1. The number of carbonyl (C=O) groups is 1. The molecule has 0 aliphatic heterocycles. The van der Waals surface area contributed by atoms with Gasteiger partial charge in [0.25, 0.3) is 5.78 Å². The van der Waals surface area contributed by atoms with Crippen molar-refractivity contribution in [2.24, 2.45) is 0 Å². The molecule has 0 bridgehead atoms. The maximum absolute atomic E-state index is 12.3. The van der Waals surface area contributed by atoms with Gasteiger partial charge in [-0.25, -0.2) is 0 Å². The van der Waals surface area contributed by atoms with E-state index in [0.717, 1.165) is 17.2 Å². The summed E-state index contributed by atoms with van der Waals surface area (Å²) in [5.74, 6) is -1.84. The van der Waals surface area contributed by atoms with Crippen molar-refractivity contribution in [1.29, 1.82) is 0 Å². The van der Waals surface area contributed by atoms with Crippen LogP contribution < -0.4 is 0 Å². The molecular formula is C14H11ClF3NO. The van der Waals surface area contributed by atoms with E-state index in [4.69, 9.17) is 11.6 Å². The predicted octanol–water partition coefficient (Wildman–Crippen LogP) is 4.24. The smallest absolute Gasteiger partial charge is 0.349 e. The van der Waals surface area contributed by atoms with Crippen LogP contribution in [-0.2, 0) is 6.54 Å². The SMILES string of the molecule is Cc1ccc(Cn2ccc(C(=O)C(F)(F)F)c2)c(Cl)c1. The molecule has 1 aromatic carbocycles. The number of rotatable bonds is 3. The van der Waals surface area contributed by atoms with Crippen molar-refractivity contribution in [2.45, 2.75) is 19.6 Å². The average Bonchev–Trinajstić information content (AvgIpc) is 2.79. The summed E-state index contributed by atoms with van der Waals surface area (Å²) < 4.78 is 38.4. The molecule has 0 atom stereocenters. The van der Waals surface area contributed by atoms with Gasteiger partial charge >= 0.3 is 6.18 Å². The van der Waals surface area contributed by atoms with Crippen LogP contribution >= 0.6 is 11.6 Å². The van der Waals surface area contributed by atoms with E-state index in [1.807, 2.05) is 19.1 Å². The summed E-state index contributed by atoms with van der Waals surface area (Å²) in [6.45, 7) is 2.20. The number of carbonyl (C=O) groups excluding carboxylic acids is 1. The van der Waals surface area contributed by atoms with Gasteiger partial charge in [0, 0.05) is 29.5 Å². The van der Waals surface area contributed by atoms with Crippen LogP contribution in [0.2, 0.25) is 5.02 Å². The predicted molar refractivity (Wildman–Crippen MR) is 70.1 cm³/mol. The lowest BCUT2D eigenvalue weighted by Crippen LogP contribution is -2.22. The normalized spacial score (nSPS) is 11.7. The van der Waals surface area contributed by atoms with Crippen LogP contribution in [0.3, 0.4) is 0 Å². The van der Waals surface area contributed by atoms with Crippen LogP contribution in [0.15, 0.2) is 36.7 Å². The molecule has 0 fully saturated rings. The van der Waals surface area contributed by atoms with Crippen LogP contribution in [0.4, 0.5) is 13.2 Å². The van der Waals surface area contributed by atoms with Gasteiger partial charge in [0.1, 0.15) is 0 Å². The average molecular weight is 302 g/mol. The van der Waals surface area contributed by atoms with E-state index in [1.54, 1.807) is 6.07 Å². The van der Waals surface area contributed by atoms with Crippen molar-refractivity contribution in [3.8, 4) is 0 Å². The van der Waals surface area contributed by atoms with Gasteiger partial charge in [-0.05, 0) is 30.2 Å². The van der Waals surface area contributed by atoms with Crippen molar-refractivity contribution in [3.63, 3.8) is 0 Å². The van der Waals surface area contributed by atoms with Gasteiger partial charge < -0.3 is 4.57 Å². The number of benzene rings is 1. The largest absolute Gasteiger partial charge is 0.454 e. The Kier molecular flexibility index (Phi) is 3.90. The summed E-state index contributed by atoms with van der Waals surface area (Å²) in [5, 5.41) is 0.544. The fourth-order valence-electron chi connectivity index (χ4n) is 1.81. The number of alkyl halides is 3. The van der Waals surface area contributed by atoms with Crippen molar-refractivity contribution in [3.05, 3.63) is 58.4 Å². The first-order valence-corrected chi connectivity index (χ1v) is 6.17. The number of aryl methyl sites for hydroxylation is 1. The van der Waals surface area contributed by atoms with Gasteiger partial charge in [0.05, 0.1) is 0 Å². The zero-order chi connectivity index (χ0) is 14.9. The Morgan fingerprint density at radius 1 is 1.30 bits per heavy atom. The summed E-state index contributed by atoms with van der Waals surface area (Å²) in [7, 11) is 0. The summed E-state index contributed by atoms with van der Waals surface area (Å²) in [5.41, 5.74) is 1.40. The lowest BCUT2D eigenvalue weighted by Gasteiger charge is -2.07. The van der Waals surface area contributed by atoms with Gasteiger partial charge in [-0.15, -0.1) is 0 Å². The molecule has 2 rings (SSSR count). The minimum Gasteiger partial charge on any atom is -0.349 e. The maximum Gasteiger partial charge on any atom is 0.454 e. The molecule has 0 saturated carbocycles. The van der Waals surface area contributed by atoms with E-state index in [2.05, 4.69) is 0 Å². The van der Waals surface area contributed by atoms with Crippen LogP contribution in [0, 0.1) is 6.92 Å². The highest BCUT2D eigenvalue weighted by Gasteiger charge is 2.39. The van der Waals surface area contributed by atoms with E-state index in [-0.39, 0.29) is 5.56 Å². The summed E-state index contributed by atoms with van der Waals surface area (Å²) in [6, 6.07) is 6.61. The minimum absolute atomic E-state index is 0.310. The molecule has 1 heterocycles. The molecule has 0 aliphatic carbocycles. The maximum atomic E-state index is 12.3. The molecule has 0 N–H and O–H groups in total. The Hall–Kier alpha value is -1.75. The Bertz CT molecular complexity index is 646. The van der Waals surface area contributed by atoms with Gasteiger partial charge in [0.15, 0.2) is 0 Å². The Morgan fingerprint density at radius 3 is 2.60 bits per heavy atom. The fourth-order valence-corrected chi connectivity index (χ4v) is 2.11. The zero-order valence-electron chi connectivity index (χ0n) is 10.5. The quantitative estimate of drug-likeness (QED) is 0.777. The molecule has 20 heavy (non-hydrogen) atoms. The number of Topliss-reactive ketones (excluding diaryl/α,β-unsaturated/α-hetero) is 1. The molecule has 0 amide bonds. The van der Waals surface area contributed by atoms with Crippen molar-refractivity contribution >= 4 is 17.4 Å². The van der Waals surface area contributed by atoms with Crippen LogP contribution in [0.5, 0.6) is 0 Å². The standard InChI is InChI=1S/C14H11ClF3NO/c1-9-2-3-10(12(15)6-9)7-19-5-4-11(8-19)13(20)14(16,17)18/h2-6,8H,7H2,1H3. The van der Waals surface area contributed by atoms with Crippen LogP contribution in [0.1, 0.15) is 21.5 Å². The van der Waals surface area contributed by atoms with Crippen LogP contribution in [0.25, 0.3) is 0 Å². The molecule has 106 valence electrons.